The lowest BCUT2D eigenvalue weighted by Gasteiger charge is -2.22. The van der Waals surface area contributed by atoms with Gasteiger partial charge in [0.2, 0.25) is 10.0 Å². The molecule has 0 unspecified atom stereocenters. The van der Waals surface area contributed by atoms with E-state index in [1.165, 1.54) is 13.8 Å². The third-order valence-corrected chi connectivity index (χ3v) is 5.01. The maximum Gasteiger partial charge on any atom is 0.226 e. The standard InChI is InChI=1S/C6H15NO5S2/c1-6(2,4-8)7-14(11,12)5-13(3,9)10/h7-8H,4-5H2,1-3H3. The first kappa shape index (κ1) is 13.8. The van der Waals surface area contributed by atoms with Crippen LogP contribution in [0.15, 0.2) is 0 Å². The number of aliphatic hydroxyl groups is 1. The number of aliphatic hydroxyl groups excluding tert-OH is 1. The van der Waals surface area contributed by atoms with Gasteiger partial charge in [0.15, 0.2) is 14.9 Å². The van der Waals surface area contributed by atoms with Crippen molar-refractivity contribution in [2.75, 3.05) is 17.9 Å². The van der Waals surface area contributed by atoms with Crippen LogP contribution in [0.3, 0.4) is 0 Å². The highest BCUT2D eigenvalue weighted by Gasteiger charge is 2.26. The fourth-order valence-electron chi connectivity index (χ4n) is 0.765. The molecule has 0 rings (SSSR count). The lowest BCUT2D eigenvalue weighted by molar-refractivity contribution is 0.208. The fourth-order valence-corrected chi connectivity index (χ4v) is 4.16. The second-order valence-electron chi connectivity index (χ2n) is 3.80. The van der Waals surface area contributed by atoms with Crippen molar-refractivity contribution < 1.29 is 21.9 Å². The van der Waals surface area contributed by atoms with Crippen LogP contribution in [0.25, 0.3) is 0 Å². The average Bonchev–Trinajstić information content (AvgIpc) is 1.78. The van der Waals surface area contributed by atoms with E-state index in [4.69, 9.17) is 5.11 Å². The normalized spacial score (nSPS) is 14.3. The van der Waals surface area contributed by atoms with Gasteiger partial charge in [0.1, 0.15) is 0 Å². The van der Waals surface area contributed by atoms with E-state index in [0.29, 0.717) is 0 Å². The zero-order valence-corrected chi connectivity index (χ0v) is 9.94. The van der Waals surface area contributed by atoms with E-state index in [0.717, 1.165) is 6.26 Å². The van der Waals surface area contributed by atoms with Gasteiger partial charge in [0.05, 0.1) is 12.1 Å². The molecule has 0 saturated carbocycles. The third kappa shape index (κ3) is 6.30. The Hall–Kier alpha value is -0.180. The lowest BCUT2D eigenvalue weighted by Crippen LogP contribution is -2.47. The fraction of sp³-hybridized carbons (Fsp3) is 1.00. The Bertz CT molecular complexity index is 380. The maximum atomic E-state index is 11.2. The van der Waals surface area contributed by atoms with Gasteiger partial charge in [-0.15, -0.1) is 0 Å². The van der Waals surface area contributed by atoms with Crippen molar-refractivity contribution in [3.63, 3.8) is 0 Å². The third-order valence-electron chi connectivity index (χ3n) is 1.20. The molecule has 0 atom stereocenters. The van der Waals surface area contributed by atoms with Crippen molar-refractivity contribution in [1.29, 1.82) is 0 Å². The molecule has 0 heterocycles. The zero-order valence-electron chi connectivity index (χ0n) is 8.31. The van der Waals surface area contributed by atoms with Crippen LogP contribution in [0.1, 0.15) is 13.8 Å². The summed E-state index contributed by atoms with van der Waals surface area (Å²) in [7, 11) is -7.50. The summed E-state index contributed by atoms with van der Waals surface area (Å²) in [6.07, 6.45) is 0.832. The van der Waals surface area contributed by atoms with Crippen LogP contribution >= 0.6 is 0 Å². The molecule has 14 heavy (non-hydrogen) atoms. The summed E-state index contributed by atoms with van der Waals surface area (Å²) < 4.78 is 46.0. The Morgan fingerprint density at radius 1 is 1.21 bits per heavy atom. The minimum atomic E-state index is -3.91. The number of sulfonamides is 1. The van der Waals surface area contributed by atoms with E-state index in [-0.39, 0.29) is 0 Å². The summed E-state index contributed by atoms with van der Waals surface area (Å²) in [4.78, 5) is 0. The van der Waals surface area contributed by atoms with Crippen LogP contribution in [-0.4, -0.2) is 45.4 Å². The zero-order chi connectivity index (χ0) is 11.6. The molecule has 86 valence electrons. The molecule has 0 bridgehead atoms. The van der Waals surface area contributed by atoms with Crippen molar-refractivity contribution in [1.82, 2.24) is 4.72 Å². The van der Waals surface area contributed by atoms with Crippen molar-refractivity contribution in [3.8, 4) is 0 Å². The smallest absolute Gasteiger partial charge is 0.226 e. The summed E-state index contributed by atoms with van der Waals surface area (Å²) in [5.41, 5.74) is -1.05. The number of nitrogens with one attached hydrogen (secondary N) is 1. The molecule has 6 nitrogen and oxygen atoms in total. The lowest BCUT2D eigenvalue weighted by atomic mass is 10.1. The molecule has 0 aliphatic carbocycles. The van der Waals surface area contributed by atoms with Crippen LogP contribution in [0.4, 0.5) is 0 Å². The molecule has 0 amide bonds. The minimum Gasteiger partial charge on any atom is -0.394 e. The largest absolute Gasteiger partial charge is 0.394 e. The highest BCUT2D eigenvalue weighted by atomic mass is 32.3. The van der Waals surface area contributed by atoms with Crippen LogP contribution < -0.4 is 4.72 Å². The molecule has 0 aliphatic rings. The van der Waals surface area contributed by atoms with E-state index >= 15 is 0 Å². The first-order chi connectivity index (χ1) is 5.97. The predicted molar refractivity (Wildman–Crippen MR) is 52.9 cm³/mol. The Kier molecular flexibility index (Phi) is 4.08. The van der Waals surface area contributed by atoms with E-state index in [1.807, 2.05) is 0 Å². The van der Waals surface area contributed by atoms with Crippen LogP contribution in [0.2, 0.25) is 0 Å². The molecule has 0 radical (unpaired) electrons. The highest BCUT2D eigenvalue weighted by Crippen LogP contribution is 2.04. The highest BCUT2D eigenvalue weighted by molar-refractivity contribution is 8.06. The monoisotopic (exact) mass is 245 g/mol. The van der Waals surface area contributed by atoms with Gasteiger partial charge in [-0.3, -0.25) is 0 Å². The van der Waals surface area contributed by atoms with E-state index in [1.54, 1.807) is 0 Å². The molecule has 2 N–H and O–H groups in total. The molecular weight excluding hydrogens is 230 g/mol. The van der Waals surface area contributed by atoms with Crippen LogP contribution in [0.5, 0.6) is 0 Å². The van der Waals surface area contributed by atoms with Crippen LogP contribution in [0, 0.1) is 0 Å². The van der Waals surface area contributed by atoms with Crippen LogP contribution in [-0.2, 0) is 19.9 Å². The Morgan fingerprint density at radius 2 is 1.64 bits per heavy atom. The first-order valence-corrected chi connectivity index (χ1v) is 7.49. The van der Waals surface area contributed by atoms with E-state index in [9.17, 15) is 16.8 Å². The molecule has 0 aromatic heterocycles. The van der Waals surface area contributed by atoms with Gasteiger partial charge in [0, 0.05) is 6.26 Å². The summed E-state index contributed by atoms with van der Waals surface area (Å²) in [5.74, 6) is 0. The SMILES string of the molecule is CC(C)(CO)NS(=O)(=O)CS(C)(=O)=O. The Labute approximate surface area is 84.3 Å². The summed E-state index contributed by atoms with van der Waals surface area (Å²) in [6.45, 7) is 2.50. The van der Waals surface area contributed by atoms with Gasteiger partial charge in [-0.25, -0.2) is 21.6 Å². The number of hydrogen-bond acceptors (Lipinski definition) is 5. The molecule has 0 fully saturated rings. The predicted octanol–water partition coefficient (Wildman–Crippen LogP) is -1.32. The van der Waals surface area contributed by atoms with Gasteiger partial charge >= 0.3 is 0 Å². The Morgan fingerprint density at radius 3 is 1.93 bits per heavy atom. The molecular formula is C6H15NO5S2. The van der Waals surface area contributed by atoms with Crippen molar-refractivity contribution in [2.45, 2.75) is 19.4 Å². The second kappa shape index (κ2) is 4.13. The topological polar surface area (TPSA) is 101 Å². The molecule has 0 aromatic rings. The Balaban J connectivity index is 4.69. The number of rotatable bonds is 5. The van der Waals surface area contributed by atoms with Gasteiger partial charge in [-0.1, -0.05) is 0 Å². The van der Waals surface area contributed by atoms with Crippen molar-refractivity contribution in [2.24, 2.45) is 0 Å². The van der Waals surface area contributed by atoms with E-state index in [2.05, 4.69) is 4.72 Å². The average molecular weight is 245 g/mol. The first-order valence-electron chi connectivity index (χ1n) is 3.78. The van der Waals surface area contributed by atoms with Crippen molar-refractivity contribution in [3.05, 3.63) is 0 Å². The second-order valence-corrected chi connectivity index (χ2v) is 8.03. The molecule has 0 saturated heterocycles. The molecule has 8 heteroatoms. The maximum absolute atomic E-state index is 11.2. The van der Waals surface area contributed by atoms with Crippen molar-refractivity contribution >= 4 is 19.9 Å². The van der Waals surface area contributed by atoms with Gasteiger partial charge < -0.3 is 5.11 Å². The van der Waals surface area contributed by atoms with Gasteiger partial charge in [0.25, 0.3) is 0 Å². The van der Waals surface area contributed by atoms with E-state index < -0.39 is 37.1 Å². The van der Waals surface area contributed by atoms with Gasteiger partial charge in [-0.05, 0) is 13.8 Å². The molecule has 0 aliphatic heterocycles. The minimum absolute atomic E-state index is 0.407. The summed E-state index contributed by atoms with van der Waals surface area (Å²) in [5, 5.41) is 7.81. The summed E-state index contributed by atoms with van der Waals surface area (Å²) >= 11 is 0. The number of sulfone groups is 1. The molecule has 0 spiro atoms. The molecule has 0 aromatic carbocycles. The summed E-state index contributed by atoms with van der Waals surface area (Å²) in [6, 6.07) is 0. The van der Waals surface area contributed by atoms with Gasteiger partial charge in [-0.2, -0.15) is 0 Å². The number of hydrogen-bond donors (Lipinski definition) is 2. The quantitative estimate of drug-likeness (QED) is 0.625.